The molecule has 0 aliphatic rings. The van der Waals surface area contributed by atoms with Crippen LogP contribution in [-0.4, -0.2) is 60.2 Å². The first-order valence-corrected chi connectivity index (χ1v) is 7.76. The van der Waals surface area contributed by atoms with Crippen LogP contribution in [0, 0.1) is 5.41 Å². The lowest BCUT2D eigenvalue weighted by Crippen LogP contribution is -2.75. The lowest BCUT2D eigenvalue weighted by Gasteiger charge is -2.42. The topological polar surface area (TPSA) is 26.3 Å². The summed E-state index contributed by atoms with van der Waals surface area (Å²) >= 11 is 0. The monoisotopic (exact) mass is 534 g/mol. The van der Waals surface area contributed by atoms with E-state index in [1.165, 1.54) is 0 Å². The maximum atomic E-state index is 13.5. The van der Waals surface area contributed by atoms with Crippen molar-refractivity contribution in [1.82, 2.24) is 0 Å². The second-order valence-electron chi connectivity index (χ2n) is 7.66. The highest BCUT2D eigenvalue weighted by atomic mass is 19.4. The third-order valence-corrected chi connectivity index (χ3v) is 3.61. The number of ether oxygens (including phenoxy) is 1. The molecule has 0 saturated heterocycles. The molecule has 0 N–H and O–H groups in total. The normalized spacial score (nSPS) is 16.1. The molecule has 198 valence electrons. The summed E-state index contributed by atoms with van der Waals surface area (Å²) in [5, 5.41) is 0. The van der Waals surface area contributed by atoms with E-state index in [9.17, 15) is 79.4 Å². The lowest BCUT2D eigenvalue weighted by molar-refractivity contribution is -0.460. The van der Waals surface area contributed by atoms with Crippen molar-refractivity contribution in [1.29, 1.82) is 0 Å². The van der Waals surface area contributed by atoms with Gasteiger partial charge in [0, 0.05) is 0 Å². The number of hydrogen-bond donors (Lipinski definition) is 0. The van der Waals surface area contributed by atoms with Gasteiger partial charge >= 0.3 is 53.6 Å². The molecule has 19 heteroatoms. The van der Waals surface area contributed by atoms with E-state index in [2.05, 4.69) is 4.74 Å². The van der Waals surface area contributed by atoms with Crippen LogP contribution in [0.2, 0.25) is 0 Å². The highest BCUT2D eigenvalue weighted by Crippen LogP contribution is 2.64. The van der Waals surface area contributed by atoms with Gasteiger partial charge in [-0.3, -0.25) is 0 Å². The van der Waals surface area contributed by atoms with Gasteiger partial charge in [0.15, 0.2) is 0 Å². The molecule has 0 aromatic carbocycles. The summed E-state index contributed by atoms with van der Waals surface area (Å²) in [6.45, 7) is 1.87. The number of rotatable bonds is 8. The van der Waals surface area contributed by atoms with Crippen molar-refractivity contribution >= 4 is 5.97 Å². The Kier molecular flexibility index (Phi) is 7.50. The minimum absolute atomic E-state index is 1.06. The Morgan fingerprint density at radius 1 is 0.515 bits per heavy atom. The molecule has 0 amide bonds. The smallest absolute Gasteiger partial charge is 0.460 e. The van der Waals surface area contributed by atoms with Crippen molar-refractivity contribution in [2.45, 2.75) is 68.4 Å². The number of hydrogen-bond acceptors (Lipinski definition) is 2. The van der Waals surface area contributed by atoms with Gasteiger partial charge in [-0.2, -0.15) is 74.6 Å². The molecule has 0 aromatic rings. The van der Waals surface area contributed by atoms with Crippen LogP contribution in [-0.2, 0) is 9.53 Å². The molecule has 0 bridgehead atoms. The van der Waals surface area contributed by atoms with Gasteiger partial charge in [-0.15, -0.1) is 0 Å². The van der Waals surface area contributed by atoms with E-state index in [1.807, 2.05) is 0 Å². The van der Waals surface area contributed by atoms with Crippen LogP contribution >= 0.6 is 0 Å². The Morgan fingerprint density at radius 2 is 0.788 bits per heavy atom. The van der Waals surface area contributed by atoms with Gasteiger partial charge in [0.05, 0.1) is 6.61 Å². The van der Waals surface area contributed by atoms with Crippen molar-refractivity contribution in [2.75, 3.05) is 6.61 Å². The number of halogens is 17. The first-order chi connectivity index (χ1) is 13.9. The van der Waals surface area contributed by atoms with E-state index in [-0.39, 0.29) is 0 Å². The van der Waals surface area contributed by atoms with Crippen molar-refractivity contribution < 1.29 is 84.2 Å². The van der Waals surface area contributed by atoms with Crippen LogP contribution < -0.4 is 0 Å². The fraction of sp³-hybridized carbons (Fsp3) is 0.929. The van der Waals surface area contributed by atoms with Crippen molar-refractivity contribution in [3.05, 3.63) is 0 Å². The quantitative estimate of drug-likeness (QED) is 0.260. The Balaban J connectivity index is 6.62. The fourth-order valence-electron chi connectivity index (χ4n) is 1.66. The highest BCUT2D eigenvalue weighted by Gasteiger charge is 2.95. The second kappa shape index (κ2) is 7.91. The van der Waals surface area contributed by atoms with Gasteiger partial charge in [-0.05, 0) is 5.41 Å². The summed E-state index contributed by atoms with van der Waals surface area (Å²) in [5.74, 6) is -61.8. The van der Waals surface area contributed by atoms with Crippen LogP contribution in [0.5, 0.6) is 0 Å². The van der Waals surface area contributed by atoms with Gasteiger partial charge < -0.3 is 4.74 Å². The molecule has 33 heavy (non-hydrogen) atoms. The van der Waals surface area contributed by atoms with Crippen molar-refractivity contribution in [3.63, 3.8) is 0 Å². The molecule has 0 saturated carbocycles. The van der Waals surface area contributed by atoms with E-state index in [0.29, 0.717) is 0 Å². The average molecular weight is 534 g/mol. The zero-order valence-corrected chi connectivity index (χ0v) is 15.9. The Labute approximate surface area is 172 Å². The lowest BCUT2D eigenvalue weighted by atomic mass is 9.89. The van der Waals surface area contributed by atoms with Gasteiger partial charge in [-0.25, -0.2) is 4.79 Å². The molecule has 0 unspecified atom stereocenters. The Bertz CT molecular complexity index is 729. The number of carbonyl (C=O) groups is 1. The van der Waals surface area contributed by atoms with Gasteiger partial charge in [0.25, 0.3) is 0 Å². The molecule has 0 aliphatic heterocycles. The molecular weight excluding hydrogens is 523 g/mol. The van der Waals surface area contributed by atoms with Gasteiger partial charge in [0.2, 0.25) is 0 Å². The van der Waals surface area contributed by atoms with Crippen LogP contribution in [0.15, 0.2) is 0 Å². The van der Waals surface area contributed by atoms with Crippen LogP contribution in [0.1, 0.15) is 20.8 Å². The molecule has 0 radical (unpaired) electrons. The predicted octanol–water partition coefficient (Wildman–Crippen LogP) is 6.59. The van der Waals surface area contributed by atoms with Crippen molar-refractivity contribution in [3.8, 4) is 0 Å². The fourth-order valence-corrected chi connectivity index (χ4v) is 1.66. The number of carbonyl (C=O) groups excluding carboxylic acids is 1. The molecule has 0 heterocycles. The summed E-state index contributed by atoms with van der Waals surface area (Å²) in [6.07, 6.45) is -7.82. The molecule has 0 fully saturated rings. The van der Waals surface area contributed by atoms with Crippen LogP contribution in [0.3, 0.4) is 0 Å². The molecule has 0 aromatic heterocycles. The standard InChI is InChI=1S/C14H11F17O2/c1-6(2,3)4-33-5(32)7(15,16)8(17,18)9(19,20)10(21,22)11(23,24)12(25,26)13(27,28)14(29,30)31/h4H2,1-3H3. The molecule has 0 aliphatic carbocycles. The average Bonchev–Trinajstić information content (AvgIpc) is 2.56. The maximum absolute atomic E-state index is 13.5. The predicted molar refractivity (Wildman–Crippen MR) is 71.1 cm³/mol. The van der Waals surface area contributed by atoms with Crippen LogP contribution in [0.25, 0.3) is 0 Å². The molecule has 0 atom stereocenters. The molecular formula is C14H11F17O2. The molecule has 0 spiro atoms. The third kappa shape index (κ3) is 4.51. The maximum Gasteiger partial charge on any atom is 0.460 e. The SMILES string of the molecule is CC(C)(C)COC(=O)C(F)(F)C(F)(F)C(F)(F)C(F)(F)C(F)(F)C(F)(F)C(F)(F)C(F)(F)F. The minimum atomic E-state index is -8.74. The van der Waals surface area contributed by atoms with Crippen LogP contribution in [0.4, 0.5) is 74.6 Å². The summed E-state index contributed by atoms with van der Waals surface area (Å²) in [7, 11) is 0. The zero-order valence-electron chi connectivity index (χ0n) is 15.9. The van der Waals surface area contributed by atoms with E-state index in [1.54, 1.807) is 0 Å². The van der Waals surface area contributed by atoms with Gasteiger partial charge in [0.1, 0.15) is 0 Å². The number of esters is 1. The Hall–Kier alpha value is -1.72. The van der Waals surface area contributed by atoms with E-state index in [4.69, 9.17) is 0 Å². The summed E-state index contributed by atoms with van der Waals surface area (Å²) in [5.41, 5.74) is -1.37. The molecule has 2 nitrogen and oxygen atoms in total. The number of alkyl halides is 17. The minimum Gasteiger partial charge on any atom is -0.461 e. The van der Waals surface area contributed by atoms with E-state index in [0.717, 1.165) is 20.8 Å². The first kappa shape index (κ1) is 31.3. The van der Waals surface area contributed by atoms with Crippen molar-refractivity contribution in [2.24, 2.45) is 5.41 Å². The highest BCUT2D eigenvalue weighted by molar-refractivity contribution is 5.79. The summed E-state index contributed by atoms with van der Waals surface area (Å²) in [6, 6.07) is 0. The molecule has 0 rings (SSSR count). The Morgan fingerprint density at radius 3 is 1.06 bits per heavy atom. The van der Waals surface area contributed by atoms with E-state index < -0.39 is 65.6 Å². The third-order valence-electron chi connectivity index (χ3n) is 3.61. The van der Waals surface area contributed by atoms with E-state index >= 15 is 0 Å². The first-order valence-electron chi connectivity index (χ1n) is 7.76. The zero-order chi connectivity index (χ0) is 27.5. The van der Waals surface area contributed by atoms with Gasteiger partial charge in [-0.1, -0.05) is 20.8 Å². The summed E-state index contributed by atoms with van der Waals surface area (Å²) < 4.78 is 225. The largest absolute Gasteiger partial charge is 0.461 e. The summed E-state index contributed by atoms with van der Waals surface area (Å²) in [4.78, 5) is 11.0. The second-order valence-corrected chi connectivity index (χ2v) is 7.66.